The number of carbonyl (C=O) groups is 1. The summed E-state index contributed by atoms with van der Waals surface area (Å²) < 4.78 is 5.97. The molecule has 0 aliphatic carbocycles. The van der Waals surface area contributed by atoms with Crippen LogP contribution < -0.4 is 9.75 Å². The summed E-state index contributed by atoms with van der Waals surface area (Å²) >= 11 is 0. The van der Waals surface area contributed by atoms with Gasteiger partial charge in [-0.3, -0.25) is 9.80 Å². The number of hydrogen-bond donors (Lipinski definition) is 5. The fourth-order valence-corrected chi connectivity index (χ4v) is 5.14. The Balaban J connectivity index is 1.54. The number of anilines is 1. The topological polar surface area (TPSA) is 143 Å². The summed E-state index contributed by atoms with van der Waals surface area (Å²) in [5.74, 6) is -1.37. The van der Waals surface area contributed by atoms with Gasteiger partial charge in [0.25, 0.3) is 0 Å². The zero-order valence-corrected chi connectivity index (χ0v) is 20.5. The number of fused-ring (bicyclic) bond motifs is 2. The molecule has 2 aliphatic heterocycles. The lowest BCUT2D eigenvalue weighted by Gasteiger charge is -2.35. The minimum atomic E-state index is -0.718. The van der Waals surface area contributed by atoms with Crippen molar-refractivity contribution in [2.45, 2.75) is 11.8 Å². The van der Waals surface area contributed by atoms with Crippen LogP contribution in [0.15, 0.2) is 84.0 Å². The van der Waals surface area contributed by atoms with Gasteiger partial charge in [-0.15, -0.1) is 0 Å². The lowest BCUT2D eigenvalue weighted by molar-refractivity contribution is 0.0952. The smallest absolute Gasteiger partial charge is 0.178 e. The van der Waals surface area contributed by atoms with Crippen LogP contribution in [0.25, 0.3) is 0 Å². The van der Waals surface area contributed by atoms with Gasteiger partial charge in [-0.05, 0) is 47.5 Å². The SMILES string of the molecule is O=C1c2c(O)cc(O)cc2N(N=C2c3ccc(O)cc3OC[C@H]2c2ccc(O)cc2)CC1c1ccc(O)cc1. The molecule has 1 unspecified atom stereocenters. The highest BCUT2D eigenvalue weighted by molar-refractivity contribution is 6.12. The summed E-state index contributed by atoms with van der Waals surface area (Å²) in [5, 5.41) is 57.2. The molecule has 2 aliphatic rings. The molecule has 0 radical (unpaired) electrons. The quantitative estimate of drug-likeness (QED) is 0.262. The summed E-state index contributed by atoms with van der Waals surface area (Å²) in [6.45, 7) is 0.298. The van der Waals surface area contributed by atoms with Crippen LogP contribution in [0.1, 0.15) is 38.9 Å². The van der Waals surface area contributed by atoms with Gasteiger partial charge in [0.1, 0.15) is 41.1 Å². The number of nitrogens with zero attached hydrogens (tertiary/aromatic N) is 2. The number of phenolic OH excluding ortho intramolecular Hbond substituents is 5. The average Bonchev–Trinajstić information content (AvgIpc) is 2.91. The van der Waals surface area contributed by atoms with E-state index in [0.29, 0.717) is 22.6 Å². The van der Waals surface area contributed by atoms with Crippen molar-refractivity contribution in [1.82, 2.24) is 0 Å². The third-order valence-electron chi connectivity index (χ3n) is 7.07. The minimum absolute atomic E-state index is 0.0284. The molecule has 9 heteroatoms. The molecule has 196 valence electrons. The molecule has 4 aromatic carbocycles. The van der Waals surface area contributed by atoms with Gasteiger partial charge < -0.3 is 30.3 Å². The number of ketones is 1. The van der Waals surface area contributed by atoms with Crippen LogP contribution in [-0.4, -0.2) is 50.2 Å². The monoisotopic (exact) mass is 524 g/mol. The van der Waals surface area contributed by atoms with Crippen molar-refractivity contribution >= 4 is 17.2 Å². The predicted octanol–water partition coefficient (Wildman–Crippen LogP) is 4.58. The Kier molecular flexibility index (Phi) is 5.76. The Morgan fingerprint density at radius 3 is 2.00 bits per heavy atom. The zero-order chi connectivity index (χ0) is 27.3. The molecule has 0 aromatic heterocycles. The van der Waals surface area contributed by atoms with E-state index >= 15 is 0 Å². The number of hydrogen-bond acceptors (Lipinski definition) is 9. The van der Waals surface area contributed by atoms with E-state index in [1.54, 1.807) is 47.5 Å². The van der Waals surface area contributed by atoms with E-state index in [1.165, 1.54) is 30.3 Å². The van der Waals surface area contributed by atoms with Crippen molar-refractivity contribution in [2.75, 3.05) is 18.2 Å². The van der Waals surface area contributed by atoms with E-state index in [4.69, 9.17) is 9.84 Å². The number of phenols is 5. The van der Waals surface area contributed by atoms with E-state index in [-0.39, 0.29) is 64.9 Å². The summed E-state index contributed by atoms with van der Waals surface area (Å²) in [4.78, 5) is 13.6. The van der Waals surface area contributed by atoms with E-state index in [0.717, 1.165) is 11.6 Å². The maximum absolute atomic E-state index is 13.6. The van der Waals surface area contributed by atoms with Gasteiger partial charge in [-0.1, -0.05) is 24.3 Å². The molecular formula is C30H24N2O7. The molecule has 5 N–H and O–H groups in total. The van der Waals surface area contributed by atoms with E-state index < -0.39 is 5.92 Å². The maximum atomic E-state index is 13.6. The lowest BCUT2D eigenvalue weighted by atomic mass is 9.85. The van der Waals surface area contributed by atoms with Crippen molar-refractivity contribution in [3.05, 3.63) is 101 Å². The molecule has 0 bridgehead atoms. The van der Waals surface area contributed by atoms with Crippen LogP contribution in [-0.2, 0) is 0 Å². The molecule has 0 amide bonds. The molecule has 2 heterocycles. The Morgan fingerprint density at radius 2 is 1.33 bits per heavy atom. The number of benzene rings is 4. The van der Waals surface area contributed by atoms with Crippen molar-refractivity contribution in [1.29, 1.82) is 0 Å². The molecule has 0 saturated carbocycles. The fourth-order valence-electron chi connectivity index (χ4n) is 5.14. The Labute approximate surface area is 223 Å². The van der Waals surface area contributed by atoms with E-state index in [2.05, 4.69) is 0 Å². The largest absolute Gasteiger partial charge is 0.508 e. The first kappa shape index (κ1) is 24.2. The molecule has 2 atom stereocenters. The number of carbonyl (C=O) groups excluding carboxylic acids is 1. The summed E-state index contributed by atoms with van der Waals surface area (Å²) in [7, 11) is 0. The number of aromatic hydroxyl groups is 5. The molecule has 4 aromatic rings. The molecule has 0 fully saturated rings. The minimum Gasteiger partial charge on any atom is -0.508 e. The van der Waals surface area contributed by atoms with Crippen LogP contribution >= 0.6 is 0 Å². The van der Waals surface area contributed by atoms with Gasteiger partial charge in [-0.25, -0.2) is 0 Å². The van der Waals surface area contributed by atoms with Gasteiger partial charge in [-0.2, -0.15) is 5.10 Å². The Bertz CT molecular complexity index is 1610. The molecule has 6 rings (SSSR count). The zero-order valence-electron chi connectivity index (χ0n) is 20.5. The first-order valence-electron chi connectivity index (χ1n) is 12.3. The van der Waals surface area contributed by atoms with Gasteiger partial charge in [0, 0.05) is 23.8 Å². The van der Waals surface area contributed by atoms with Crippen LogP contribution in [0.5, 0.6) is 34.5 Å². The van der Waals surface area contributed by atoms with Crippen LogP contribution in [0.2, 0.25) is 0 Å². The highest BCUT2D eigenvalue weighted by atomic mass is 16.5. The summed E-state index contributed by atoms with van der Waals surface area (Å²) in [6, 6.07) is 20.2. The van der Waals surface area contributed by atoms with Crippen molar-refractivity contribution in [3.63, 3.8) is 0 Å². The maximum Gasteiger partial charge on any atom is 0.178 e. The fraction of sp³-hybridized carbons (Fsp3) is 0.133. The van der Waals surface area contributed by atoms with Crippen LogP contribution in [0.3, 0.4) is 0 Å². The molecular weight excluding hydrogens is 500 g/mol. The Hall–Kier alpha value is -5.18. The number of ether oxygens (including phenoxy) is 1. The third kappa shape index (κ3) is 4.33. The second-order valence-corrected chi connectivity index (χ2v) is 9.57. The number of hydrazone groups is 1. The number of rotatable bonds is 3. The highest BCUT2D eigenvalue weighted by Crippen LogP contribution is 2.43. The molecule has 0 saturated heterocycles. The number of Topliss-reactive ketones (excluding diaryl/α,β-unsaturated/α-hetero) is 1. The third-order valence-corrected chi connectivity index (χ3v) is 7.07. The predicted molar refractivity (Wildman–Crippen MR) is 143 cm³/mol. The van der Waals surface area contributed by atoms with Gasteiger partial charge in [0.05, 0.1) is 35.3 Å². The van der Waals surface area contributed by atoms with Crippen molar-refractivity contribution in [2.24, 2.45) is 5.10 Å². The highest BCUT2D eigenvalue weighted by Gasteiger charge is 2.37. The van der Waals surface area contributed by atoms with Crippen LogP contribution in [0, 0.1) is 0 Å². The molecule has 9 nitrogen and oxygen atoms in total. The van der Waals surface area contributed by atoms with Crippen molar-refractivity contribution < 1.29 is 35.1 Å². The summed E-state index contributed by atoms with van der Waals surface area (Å²) in [6.07, 6.45) is 0. The lowest BCUT2D eigenvalue weighted by Crippen LogP contribution is -2.37. The van der Waals surface area contributed by atoms with Crippen LogP contribution in [0.4, 0.5) is 5.69 Å². The van der Waals surface area contributed by atoms with Gasteiger partial charge in [0.2, 0.25) is 0 Å². The second kappa shape index (κ2) is 9.29. The molecule has 0 spiro atoms. The first-order chi connectivity index (χ1) is 18.8. The van der Waals surface area contributed by atoms with E-state index in [9.17, 15) is 30.3 Å². The average molecular weight is 525 g/mol. The normalized spacial score (nSPS) is 19.3. The Morgan fingerprint density at radius 1 is 0.718 bits per heavy atom. The van der Waals surface area contributed by atoms with Crippen molar-refractivity contribution in [3.8, 4) is 34.5 Å². The van der Waals surface area contributed by atoms with Gasteiger partial charge >= 0.3 is 0 Å². The standard InChI is InChI=1S/C30H24N2O7/c33-18-5-1-16(2-6-18)23-14-32(25-11-21(36)12-26(37)28(25)30(23)38)31-29-22-10-9-20(35)13-27(22)39-15-24(29)17-3-7-19(34)8-4-17/h1-13,23-24,33-37H,14-15H2/t23?,24-/m0/s1. The molecule has 39 heavy (non-hydrogen) atoms. The van der Waals surface area contributed by atoms with Gasteiger partial charge in [0.15, 0.2) is 5.78 Å². The first-order valence-corrected chi connectivity index (χ1v) is 12.3. The second-order valence-electron chi connectivity index (χ2n) is 9.57. The summed E-state index contributed by atoms with van der Waals surface area (Å²) in [5.41, 5.74) is 2.94. The van der Waals surface area contributed by atoms with E-state index in [1.807, 2.05) is 0 Å².